The summed E-state index contributed by atoms with van der Waals surface area (Å²) in [5.41, 5.74) is 4.19. The van der Waals surface area contributed by atoms with E-state index < -0.39 is 0 Å². The van der Waals surface area contributed by atoms with Gasteiger partial charge >= 0.3 is 0 Å². The molecule has 4 heterocycles. The van der Waals surface area contributed by atoms with Gasteiger partial charge in [0.15, 0.2) is 0 Å². The topological polar surface area (TPSA) is 46.8 Å². The van der Waals surface area contributed by atoms with Crippen LogP contribution in [-0.2, 0) is 6.42 Å². The second kappa shape index (κ2) is 5.06. The van der Waals surface area contributed by atoms with Gasteiger partial charge in [0, 0.05) is 35.6 Å². The molecule has 6 heteroatoms. The van der Waals surface area contributed by atoms with Crippen molar-refractivity contribution in [2.45, 2.75) is 13.3 Å². The molecule has 0 atom stereocenters. The van der Waals surface area contributed by atoms with E-state index in [2.05, 4.69) is 32.6 Å². The normalized spacial score (nSPS) is 13.4. The zero-order valence-electron chi connectivity index (χ0n) is 12.2. The molecule has 0 saturated carbocycles. The van der Waals surface area contributed by atoms with Crippen molar-refractivity contribution in [2.75, 3.05) is 11.4 Å². The third-order valence-corrected chi connectivity index (χ3v) is 4.59. The average molecular weight is 309 g/mol. The van der Waals surface area contributed by atoms with Crippen LogP contribution >= 0.6 is 11.3 Å². The molecule has 5 nitrogen and oxygen atoms in total. The molecule has 110 valence electrons. The van der Waals surface area contributed by atoms with Crippen LogP contribution in [0.3, 0.4) is 0 Å². The highest BCUT2D eigenvalue weighted by atomic mass is 32.1. The molecule has 22 heavy (non-hydrogen) atoms. The first kappa shape index (κ1) is 13.2. The molecule has 4 rings (SSSR count). The molecular weight excluding hydrogens is 294 g/mol. The molecule has 0 radical (unpaired) electrons. The van der Waals surface area contributed by atoms with E-state index in [4.69, 9.17) is 0 Å². The average Bonchev–Trinajstić information content (AvgIpc) is 3.25. The summed E-state index contributed by atoms with van der Waals surface area (Å²) in [5, 5.41) is 7.59. The Bertz CT molecular complexity index is 834. The van der Waals surface area contributed by atoms with Crippen LogP contribution in [0, 0.1) is 6.92 Å². The summed E-state index contributed by atoms with van der Waals surface area (Å²) in [5.74, 6) is 0.997. The van der Waals surface area contributed by atoms with Gasteiger partial charge in [-0.3, -0.25) is 0 Å². The van der Waals surface area contributed by atoms with E-state index >= 15 is 0 Å². The van der Waals surface area contributed by atoms with Gasteiger partial charge in [-0.1, -0.05) is 6.58 Å². The number of thiazole rings is 1. The number of aromatic nitrogens is 4. The first-order valence-corrected chi connectivity index (χ1v) is 8.00. The van der Waals surface area contributed by atoms with Gasteiger partial charge in [0.25, 0.3) is 0 Å². The zero-order chi connectivity index (χ0) is 15.1. The Labute approximate surface area is 132 Å². The first-order chi connectivity index (χ1) is 10.8. The molecule has 0 N–H and O–H groups in total. The van der Waals surface area contributed by atoms with Gasteiger partial charge in [0.05, 0.1) is 5.69 Å². The van der Waals surface area contributed by atoms with E-state index in [-0.39, 0.29) is 0 Å². The summed E-state index contributed by atoms with van der Waals surface area (Å²) in [6.45, 7) is 6.80. The molecule has 0 amide bonds. The molecule has 1 aliphatic heterocycles. The molecule has 0 aliphatic carbocycles. The monoisotopic (exact) mass is 309 g/mol. The number of pyridine rings is 1. The van der Waals surface area contributed by atoms with Gasteiger partial charge in [-0.2, -0.15) is 5.10 Å². The molecule has 0 saturated heterocycles. The second-order valence-electron chi connectivity index (χ2n) is 5.19. The van der Waals surface area contributed by atoms with E-state index in [1.54, 1.807) is 17.5 Å². The summed E-state index contributed by atoms with van der Waals surface area (Å²) < 4.78 is 1.93. The van der Waals surface area contributed by atoms with Crippen molar-refractivity contribution in [3.63, 3.8) is 0 Å². The summed E-state index contributed by atoms with van der Waals surface area (Å²) >= 11 is 1.60. The van der Waals surface area contributed by atoms with E-state index in [0.29, 0.717) is 0 Å². The van der Waals surface area contributed by atoms with Crippen LogP contribution in [-0.4, -0.2) is 26.3 Å². The third kappa shape index (κ3) is 2.03. The summed E-state index contributed by atoms with van der Waals surface area (Å²) in [6.07, 6.45) is 6.58. The fourth-order valence-electron chi connectivity index (χ4n) is 2.79. The van der Waals surface area contributed by atoms with Crippen molar-refractivity contribution in [3.05, 3.63) is 53.9 Å². The van der Waals surface area contributed by atoms with Gasteiger partial charge in [-0.05, 0) is 31.7 Å². The van der Waals surface area contributed by atoms with Crippen molar-refractivity contribution < 1.29 is 0 Å². The van der Waals surface area contributed by atoms with Crippen molar-refractivity contribution in [1.82, 2.24) is 19.7 Å². The molecule has 0 spiro atoms. The summed E-state index contributed by atoms with van der Waals surface area (Å²) in [7, 11) is 0. The van der Waals surface area contributed by atoms with Crippen molar-refractivity contribution >= 4 is 17.2 Å². The number of fused-ring (bicyclic) bond motifs is 1. The van der Waals surface area contributed by atoms with Gasteiger partial charge < -0.3 is 4.90 Å². The second-order valence-corrected chi connectivity index (χ2v) is 6.09. The summed E-state index contributed by atoms with van der Waals surface area (Å²) in [4.78, 5) is 11.1. The Morgan fingerprint density at radius 3 is 3.09 bits per heavy atom. The van der Waals surface area contributed by atoms with Crippen molar-refractivity contribution in [1.29, 1.82) is 0 Å². The van der Waals surface area contributed by atoms with Crippen LogP contribution in [0.1, 0.15) is 11.3 Å². The zero-order valence-corrected chi connectivity index (χ0v) is 13.0. The lowest BCUT2D eigenvalue weighted by molar-refractivity contribution is 0.864. The van der Waals surface area contributed by atoms with Crippen LogP contribution in [0.15, 0.2) is 42.7 Å². The highest BCUT2D eigenvalue weighted by Gasteiger charge is 2.23. The minimum Gasteiger partial charge on any atom is -0.333 e. The number of hydrogen-bond donors (Lipinski definition) is 0. The van der Waals surface area contributed by atoms with Gasteiger partial charge in [-0.25, -0.2) is 14.6 Å². The Morgan fingerprint density at radius 1 is 1.41 bits per heavy atom. The maximum atomic E-state index is 4.68. The molecule has 3 aromatic rings. The molecule has 0 aromatic carbocycles. The fourth-order valence-corrected chi connectivity index (χ4v) is 3.39. The third-order valence-electron chi connectivity index (χ3n) is 3.79. The molecule has 0 bridgehead atoms. The Kier molecular flexibility index (Phi) is 3.04. The number of nitrogens with zero attached hydrogens (tertiary/aromatic N) is 5. The molecule has 3 aromatic heterocycles. The number of aryl methyl sites for hydroxylation is 1. The standard InChI is InChI=1S/C16H15N5S/c1-3-20-7-4-12-14(10-11(2)18-15(12)20)21-8-5-13(19-21)16-17-6-9-22-16/h3,5-6,8-10H,1,4,7H2,2H3. The number of rotatable bonds is 3. The molecule has 0 fully saturated rings. The number of hydrogen-bond acceptors (Lipinski definition) is 5. The molecule has 0 unspecified atom stereocenters. The Morgan fingerprint density at radius 2 is 2.32 bits per heavy atom. The lowest BCUT2D eigenvalue weighted by atomic mass is 10.1. The molecule has 1 aliphatic rings. The van der Waals surface area contributed by atoms with E-state index in [1.165, 1.54) is 5.56 Å². The smallest absolute Gasteiger partial charge is 0.143 e. The highest BCUT2D eigenvalue weighted by molar-refractivity contribution is 7.13. The lowest BCUT2D eigenvalue weighted by Gasteiger charge is -2.14. The van der Waals surface area contributed by atoms with Crippen molar-refractivity contribution in [3.8, 4) is 16.4 Å². The van der Waals surface area contributed by atoms with Gasteiger partial charge in [0.2, 0.25) is 0 Å². The number of anilines is 1. The van der Waals surface area contributed by atoms with Crippen LogP contribution in [0.5, 0.6) is 0 Å². The Hall–Kier alpha value is -2.47. The van der Waals surface area contributed by atoms with Crippen LogP contribution in [0.2, 0.25) is 0 Å². The van der Waals surface area contributed by atoms with Gasteiger partial charge in [-0.15, -0.1) is 11.3 Å². The first-order valence-electron chi connectivity index (χ1n) is 7.12. The van der Waals surface area contributed by atoms with Crippen LogP contribution in [0.25, 0.3) is 16.4 Å². The van der Waals surface area contributed by atoms with E-state index in [0.717, 1.165) is 40.9 Å². The fraction of sp³-hybridized carbons (Fsp3) is 0.188. The largest absolute Gasteiger partial charge is 0.333 e. The predicted molar refractivity (Wildman–Crippen MR) is 88.5 cm³/mol. The van der Waals surface area contributed by atoms with Crippen LogP contribution < -0.4 is 4.90 Å². The maximum Gasteiger partial charge on any atom is 0.143 e. The summed E-state index contributed by atoms with van der Waals surface area (Å²) in [6, 6.07) is 4.09. The minimum atomic E-state index is 0.900. The minimum absolute atomic E-state index is 0.900. The van der Waals surface area contributed by atoms with E-state index in [1.807, 2.05) is 35.4 Å². The van der Waals surface area contributed by atoms with Crippen molar-refractivity contribution in [2.24, 2.45) is 0 Å². The highest BCUT2D eigenvalue weighted by Crippen LogP contribution is 2.32. The quantitative estimate of drug-likeness (QED) is 0.745. The maximum absolute atomic E-state index is 4.68. The predicted octanol–water partition coefficient (Wildman–Crippen LogP) is 3.21. The van der Waals surface area contributed by atoms with Gasteiger partial charge in [0.1, 0.15) is 16.5 Å². The lowest BCUT2D eigenvalue weighted by Crippen LogP contribution is -2.12. The van der Waals surface area contributed by atoms with Crippen LogP contribution in [0.4, 0.5) is 5.82 Å². The Balaban J connectivity index is 1.82. The van der Waals surface area contributed by atoms with E-state index in [9.17, 15) is 0 Å². The SMILES string of the molecule is C=CN1CCc2c(-n3ccc(-c4nccs4)n3)cc(C)nc21. The molecular formula is C16H15N5S.